The molecule has 0 atom stereocenters. The lowest BCUT2D eigenvalue weighted by Crippen LogP contribution is -2.28. The molecule has 0 aliphatic rings. The van der Waals surface area contributed by atoms with E-state index < -0.39 is 0 Å². The van der Waals surface area contributed by atoms with Gasteiger partial charge >= 0.3 is 0 Å². The van der Waals surface area contributed by atoms with Crippen molar-refractivity contribution in [2.24, 2.45) is 0 Å². The molecule has 0 amide bonds. The van der Waals surface area contributed by atoms with Gasteiger partial charge in [-0.05, 0) is 18.6 Å². The second-order valence-electron chi connectivity index (χ2n) is 3.91. The van der Waals surface area contributed by atoms with Crippen LogP contribution >= 0.6 is 35.3 Å². The molecule has 1 aromatic rings. The van der Waals surface area contributed by atoms with Crippen LogP contribution in [-0.4, -0.2) is 27.6 Å². The summed E-state index contributed by atoms with van der Waals surface area (Å²) in [6.45, 7) is 6.48. The topological polar surface area (TPSA) is 49.8 Å². The molecule has 2 N–H and O–H groups in total. The number of hydrogen-bond acceptors (Lipinski definition) is 5. The van der Waals surface area contributed by atoms with Crippen molar-refractivity contribution in [2.45, 2.75) is 36.9 Å². The Labute approximate surface area is 128 Å². The van der Waals surface area contributed by atoms with Crippen molar-refractivity contribution in [1.29, 1.82) is 0 Å². The van der Waals surface area contributed by atoms with Gasteiger partial charge in [-0.1, -0.05) is 55.4 Å². The van der Waals surface area contributed by atoms with Crippen LogP contribution in [0.2, 0.25) is 0 Å². The highest BCUT2D eigenvalue weighted by molar-refractivity contribution is 8.01. The summed E-state index contributed by atoms with van der Waals surface area (Å²) < 4.78 is 0.991. The van der Waals surface area contributed by atoms with Crippen molar-refractivity contribution >= 4 is 45.6 Å². The SMILES string of the molecule is C=CCNC(=S)Nc1nnc(SCCCCCC)s1. The molecule has 0 unspecified atom stereocenters. The summed E-state index contributed by atoms with van der Waals surface area (Å²) in [7, 11) is 0. The van der Waals surface area contributed by atoms with Gasteiger partial charge in [0, 0.05) is 12.3 Å². The van der Waals surface area contributed by atoms with E-state index >= 15 is 0 Å². The number of hydrogen-bond donors (Lipinski definition) is 2. The van der Waals surface area contributed by atoms with Crippen molar-refractivity contribution in [3.8, 4) is 0 Å². The molecule has 1 heterocycles. The number of anilines is 1. The third-order valence-corrected chi connectivity index (χ3v) is 4.56. The van der Waals surface area contributed by atoms with E-state index in [1.54, 1.807) is 17.8 Å². The Morgan fingerprint density at radius 1 is 1.42 bits per heavy atom. The van der Waals surface area contributed by atoms with Gasteiger partial charge in [0.1, 0.15) is 0 Å². The van der Waals surface area contributed by atoms with Gasteiger partial charge in [0.2, 0.25) is 5.13 Å². The van der Waals surface area contributed by atoms with Gasteiger partial charge in [-0.2, -0.15) is 0 Å². The zero-order valence-corrected chi connectivity index (χ0v) is 13.6. The van der Waals surface area contributed by atoms with E-state index in [0.717, 1.165) is 15.2 Å². The molecule has 0 aliphatic carbocycles. The number of nitrogens with one attached hydrogen (secondary N) is 2. The maximum absolute atomic E-state index is 5.11. The summed E-state index contributed by atoms with van der Waals surface area (Å²) in [6.07, 6.45) is 6.87. The minimum atomic E-state index is 0.551. The number of nitrogens with zero attached hydrogens (tertiary/aromatic N) is 2. The highest BCUT2D eigenvalue weighted by atomic mass is 32.2. The van der Waals surface area contributed by atoms with Gasteiger partial charge < -0.3 is 10.6 Å². The molecule has 0 saturated carbocycles. The van der Waals surface area contributed by atoms with Crippen molar-refractivity contribution in [2.75, 3.05) is 17.6 Å². The molecule has 0 aliphatic heterocycles. The Hall–Kier alpha value is -0.660. The number of thioether (sulfide) groups is 1. The molecular formula is C12H20N4S3. The van der Waals surface area contributed by atoms with E-state index in [1.807, 2.05) is 0 Å². The van der Waals surface area contributed by atoms with Crippen LogP contribution in [-0.2, 0) is 0 Å². The standard InChI is InChI=1S/C12H20N4S3/c1-3-5-6-7-9-18-12-16-15-11(19-12)14-10(17)13-8-4-2/h4H,2-3,5-9H2,1H3,(H2,13,14,15,17). The molecule has 0 aromatic carbocycles. The van der Waals surface area contributed by atoms with Crippen molar-refractivity contribution < 1.29 is 0 Å². The normalized spacial score (nSPS) is 10.2. The lowest BCUT2D eigenvalue weighted by atomic mass is 10.2. The Bertz CT molecular complexity index is 392. The monoisotopic (exact) mass is 316 g/mol. The predicted molar refractivity (Wildman–Crippen MR) is 89.2 cm³/mol. The summed E-state index contributed by atoms with van der Waals surface area (Å²) >= 11 is 8.40. The van der Waals surface area contributed by atoms with E-state index in [-0.39, 0.29) is 0 Å². The van der Waals surface area contributed by atoms with Crippen LogP contribution in [0.1, 0.15) is 32.6 Å². The number of unbranched alkanes of at least 4 members (excludes halogenated alkanes) is 3. The highest BCUT2D eigenvalue weighted by Gasteiger charge is 2.05. The Morgan fingerprint density at radius 2 is 2.26 bits per heavy atom. The zero-order chi connectivity index (χ0) is 13.9. The first-order valence-electron chi connectivity index (χ1n) is 6.38. The fourth-order valence-corrected chi connectivity index (χ4v) is 3.38. The Balaban J connectivity index is 2.24. The summed E-state index contributed by atoms with van der Waals surface area (Å²) in [5.41, 5.74) is 0. The molecule has 7 heteroatoms. The van der Waals surface area contributed by atoms with Gasteiger partial charge in [0.05, 0.1) is 0 Å². The van der Waals surface area contributed by atoms with Gasteiger partial charge in [-0.3, -0.25) is 0 Å². The van der Waals surface area contributed by atoms with Crippen LogP contribution in [0.3, 0.4) is 0 Å². The summed E-state index contributed by atoms with van der Waals surface area (Å²) in [5.74, 6) is 1.10. The number of aromatic nitrogens is 2. The largest absolute Gasteiger partial charge is 0.359 e. The third-order valence-electron chi connectivity index (χ3n) is 2.26. The van der Waals surface area contributed by atoms with Gasteiger partial charge in [0.25, 0.3) is 0 Å². The minimum Gasteiger partial charge on any atom is -0.359 e. The van der Waals surface area contributed by atoms with Crippen LogP contribution in [0.15, 0.2) is 17.0 Å². The molecule has 4 nitrogen and oxygen atoms in total. The van der Waals surface area contributed by atoms with Crippen molar-refractivity contribution in [1.82, 2.24) is 15.5 Å². The molecule has 19 heavy (non-hydrogen) atoms. The molecular weight excluding hydrogens is 296 g/mol. The lowest BCUT2D eigenvalue weighted by molar-refractivity contribution is 0.706. The van der Waals surface area contributed by atoms with E-state index in [4.69, 9.17) is 12.2 Å². The lowest BCUT2D eigenvalue weighted by Gasteiger charge is -2.04. The maximum atomic E-state index is 5.11. The van der Waals surface area contributed by atoms with E-state index in [0.29, 0.717) is 11.7 Å². The van der Waals surface area contributed by atoms with Crippen LogP contribution in [0.4, 0.5) is 5.13 Å². The predicted octanol–water partition coefficient (Wildman–Crippen LogP) is 3.68. The fourth-order valence-electron chi connectivity index (χ4n) is 1.31. The van der Waals surface area contributed by atoms with E-state index in [1.165, 1.54) is 37.0 Å². The van der Waals surface area contributed by atoms with Crippen LogP contribution in [0, 0.1) is 0 Å². The van der Waals surface area contributed by atoms with Gasteiger partial charge in [0.15, 0.2) is 9.45 Å². The summed E-state index contributed by atoms with van der Waals surface area (Å²) in [4.78, 5) is 0. The third kappa shape index (κ3) is 7.49. The zero-order valence-electron chi connectivity index (χ0n) is 11.1. The molecule has 0 saturated heterocycles. The van der Waals surface area contributed by atoms with Crippen LogP contribution in [0.5, 0.6) is 0 Å². The second-order valence-corrected chi connectivity index (χ2v) is 6.63. The Kier molecular flexibility index (Phi) is 8.77. The first kappa shape index (κ1) is 16.4. The average Bonchev–Trinajstić information content (AvgIpc) is 2.83. The average molecular weight is 317 g/mol. The molecule has 1 rings (SSSR count). The maximum Gasteiger partial charge on any atom is 0.212 e. The molecule has 0 fully saturated rings. The minimum absolute atomic E-state index is 0.551. The van der Waals surface area contributed by atoms with Gasteiger partial charge in [-0.15, -0.1) is 16.8 Å². The molecule has 0 bridgehead atoms. The molecule has 1 aromatic heterocycles. The summed E-state index contributed by atoms with van der Waals surface area (Å²) in [5, 5.41) is 15.5. The van der Waals surface area contributed by atoms with Crippen LogP contribution < -0.4 is 10.6 Å². The first-order valence-corrected chi connectivity index (χ1v) is 8.59. The first-order chi connectivity index (χ1) is 9.26. The quantitative estimate of drug-likeness (QED) is 0.314. The van der Waals surface area contributed by atoms with Crippen molar-refractivity contribution in [3.05, 3.63) is 12.7 Å². The summed E-state index contributed by atoms with van der Waals surface area (Å²) in [6, 6.07) is 0. The molecule has 0 radical (unpaired) electrons. The molecule has 106 valence electrons. The Morgan fingerprint density at radius 3 is 3.00 bits per heavy atom. The fraction of sp³-hybridized carbons (Fsp3) is 0.583. The number of rotatable bonds is 9. The van der Waals surface area contributed by atoms with Crippen molar-refractivity contribution in [3.63, 3.8) is 0 Å². The van der Waals surface area contributed by atoms with E-state index in [9.17, 15) is 0 Å². The number of thiocarbonyl (C=S) groups is 1. The van der Waals surface area contributed by atoms with Gasteiger partial charge in [-0.25, -0.2) is 0 Å². The molecule has 0 spiro atoms. The smallest absolute Gasteiger partial charge is 0.212 e. The second kappa shape index (κ2) is 10.2. The van der Waals surface area contributed by atoms with Crippen LogP contribution in [0.25, 0.3) is 0 Å². The van der Waals surface area contributed by atoms with E-state index in [2.05, 4.69) is 34.3 Å². The highest BCUT2D eigenvalue weighted by Crippen LogP contribution is 2.26.